The van der Waals surface area contributed by atoms with Gasteiger partial charge in [0.2, 0.25) is 23.6 Å². The van der Waals surface area contributed by atoms with Crippen molar-refractivity contribution in [2.24, 2.45) is 17.4 Å². The van der Waals surface area contributed by atoms with Crippen LogP contribution in [0.5, 0.6) is 5.75 Å². The molecule has 4 unspecified atom stereocenters. The number of phenolic OH excluding ortho intramolecular Hbond substituents is 1. The molecule has 36 heavy (non-hydrogen) atoms. The third-order valence-corrected chi connectivity index (χ3v) is 5.91. The lowest BCUT2D eigenvalue weighted by molar-refractivity contribution is -0.144. The summed E-state index contributed by atoms with van der Waals surface area (Å²) in [4.78, 5) is 62.9. The molecule has 0 aliphatic carbocycles. The van der Waals surface area contributed by atoms with Crippen molar-refractivity contribution in [3.63, 3.8) is 0 Å². The van der Waals surface area contributed by atoms with Gasteiger partial charge >= 0.3 is 5.97 Å². The standard InChI is InChI=1S/C24H35N5O7/c1-13(2)10-17(21(32)28-18(24(35)36)12-20(26)31)27-22(33)19-4-3-9-29(19)23(34)16(25)11-14-5-7-15(30)8-6-14/h5-8,13,16-19,30H,3-4,9-12,25H2,1-2H3,(H2,26,31)(H,27,33)(H,28,32)(H,35,36). The minimum Gasteiger partial charge on any atom is -0.508 e. The van der Waals surface area contributed by atoms with E-state index in [-0.39, 0.29) is 24.5 Å². The van der Waals surface area contributed by atoms with Gasteiger partial charge in [0, 0.05) is 6.54 Å². The summed E-state index contributed by atoms with van der Waals surface area (Å²) < 4.78 is 0. The predicted octanol–water partition coefficient (Wildman–Crippen LogP) is -0.771. The fraction of sp³-hybridized carbons (Fsp3) is 0.542. The van der Waals surface area contributed by atoms with Crippen LogP contribution in [0.4, 0.5) is 0 Å². The largest absolute Gasteiger partial charge is 0.508 e. The highest BCUT2D eigenvalue weighted by Crippen LogP contribution is 2.20. The molecule has 1 fully saturated rings. The number of aliphatic carboxylic acids is 1. The fourth-order valence-corrected chi connectivity index (χ4v) is 4.13. The number of carboxylic acids is 1. The van der Waals surface area contributed by atoms with Crippen molar-refractivity contribution in [2.75, 3.05) is 6.54 Å². The molecule has 0 bridgehead atoms. The average molecular weight is 506 g/mol. The third kappa shape index (κ3) is 8.22. The molecule has 1 aromatic rings. The number of nitrogens with two attached hydrogens (primary N) is 2. The molecule has 4 amide bonds. The minimum atomic E-state index is -1.52. The van der Waals surface area contributed by atoms with Gasteiger partial charge in [0.1, 0.15) is 23.9 Å². The highest BCUT2D eigenvalue weighted by Gasteiger charge is 2.38. The molecule has 4 atom stereocenters. The van der Waals surface area contributed by atoms with Crippen LogP contribution in [0.2, 0.25) is 0 Å². The molecule has 1 saturated heterocycles. The lowest BCUT2D eigenvalue weighted by atomic mass is 10.0. The summed E-state index contributed by atoms with van der Waals surface area (Å²) >= 11 is 0. The van der Waals surface area contributed by atoms with Gasteiger partial charge in [-0.05, 0) is 49.3 Å². The van der Waals surface area contributed by atoms with E-state index in [4.69, 9.17) is 11.5 Å². The van der Waals surface area contributed by atoms with Crippen LogP contribution < -0.4 is 22.1 Å². The lowest BCUT2D eigenvalue weighted by Crippen LogP contribution is -2.57. The highest BCUT2D eigenvalue weighted by molar-refractivity contribution is 5.95. The number of hydrogen-bond acceptors (Lipinski definition) is 7. The number of likely N-dealkylation sites (tertiary alicyclic amines) is 1. The molecule has 1 aliphatic heterocycles. The van der Waals surface area contributed by atoms with Gasteiger partial charge in [0.25, 0.3) is 0 Å². The molecule has 1 aliphatic rings. The van der Waals surface area contributed by atoms with Crippen molar-refractivity contribution in [3.05, 3.63) is 29.8 Å². The Labute approximate surface area is 209 Å². The zero-order chi connectivity index (χ0) is 27.0. The number of nitrogens with zero attached hydrogens (tertiary/aromatic N) is 1. The zero-order valence-corrected chi connectivity index (χ0v) is 20.5. The Morgan fingerprint density at radius 2 is 1.72 bits per heavy atom. The molecule has 0 radical (unpaired) electrons. The molecule has 8 N–H and O–H groups in total. The number of amides is 4. The average Bonchev–Trinajstić information content (AvgIpc) is 3.28. The van der Waals surface area contributed by atoms with Gasteiger partial charge in [-0.2, -0.15) is 0 Å². The number of rotatable bonds is 12. The van der Waals surface area contributed by atoms with E-state index >= 15 is 0 Å². The summed E-state index contributed by atoms with van der Waals surface area (Å²) in [5.74, 6) is -3.95. The Morgan fingerprint density at radius 1 is 1.08 bits per heavy atom. The van der Waals surface area contributed by atoms with E-state index in [1.807, 2.05) is 13.8 Å². The molecular weight excluding hydrogens is 470 g/mol. The van der Waals surface area contributed by atoms with Crippen molar-refractivity contribution in [1.82, 2.24) is 15.5 Å². The monoisotopic (exact) mass is 505 g/mol. The van der Waals surface area contributed by atoms with Crippen molar-refractivity contribution < 1.29 is 34.2 Å². The number of carbonyl (C=O) groups is 5. The molecule has 0 saturated carbocycles. The Morgan fingerprint density at radius 3 is 2.28 bits per heavy atom. The number of primary amides is 1. The maximum Gasteiger partial charge on any atom is 0.326 e. The topological polar surface area (TPSA) is 205 Å². The summed E-state index contributed by atoms with van der Waals surface area (Å²) in [7, 11) is 0. The van der Waals surface area contributed by atoms with Crippen molar-refractivity contribution >= 4 is 29.6 Å². The van der Waals surface area contributed by atoms with Crippen LogP contribution in [0.3, 0.4) is 0 Å². The maximum atomic E-state index is 13.1. The Kier molecular flexibility index (Phi) is 10.2. The minimum absolute atomic E-state index is 0.0273. The van der Waals surface area contributed by atoms with Gasteiger partial charge in [-0.15, -0.1) is 0 Å². The Balaban J connectivity index is 2.08. The SMILES string of the molecule is CC(C)CC(NC(=O)C1CCCN1C(=O)C(N)Cc1ccc(O)cc1)C(=O)NC(CC(N)=O)C(=O)O. The predicted molar refractivity (Wildman–Crippen MR) is 129 cm³/mol. The van der Waals surface area contributed by atoms with Crippen LogP contribution in [0.15, 0.2) is 24.3 Å². The number of carbonyl (C=O) groups excluding carboxylic acids is 4. The maximum absolute atomic E-state index is 13.1. The number of aromatic hydroxyl groups is 1. The Hall–Kier alpha value is -3.67. The zero-order valence-electron chi connectivity index (χ0n) is 20.5. The van der Waals surface area contributed by atoms with Crippen LogP contribution in [0, 0.1) is 5.92 Å². The Bertz CT molecular complexity index is 966. The van der Waals surface area contributed by atoms with Crippen molar-refractivity contribution in [3.8, 4) is 5.75 Å². The normalized spacial score (nSPS) is 17.8. The van der Waals surface area contributed by atoms with Crippen LogP contribution in [-0.2, 0) is 30.4 Å². The second-order valence-corrected chi connectivity index (χ2v) is 9.43. The first-order chi connectivity index (χ1) is 16.9. The lowest BCUT2D eigenvalue weighted by Gasteiger charge is -2.29. The fourth-order valence-electron chi connectivity index (χ4n) is 4.13. The highest BCUT2D eigenvalue weighted by atomic mass is 16.4. The smallest absolute Gasteiger partial charge is 0.326 e. The van der Waals surface area contributed by atoms with E-state index in [1.54, 1.807) is 12.1 Å². The van der Waals surface area contributed by atoms with Gasteiger partial charge in [0.05, 0.1) is 12.5 Å². The number of carboxylic acid groups (broad SMARTS) is 1. The van der Waals surface area contributed by atoms with Gasteiger partial charge in [-0.25, -0.2) is 4.79 Å². The van der Waals surface area contributed by atoms with E-state index in [1.165, 1.54) is 17.0 Å². The summed E-state index contributed by atoms with van der Waals surface area (Å²) in [6.07, 6.45) is 0.809. The number of phenols is 1. The second-order valence-electron chi connectivity index (χ2n) is 9.43. The van der Waals surface area contributed by atoms with Crippen molar-refractivity contribution in [1.29, 1.82) is 0 Å². The summed E-state index contributed by atoms with van der Waals surface area (Å²) in [5, 5.41) is 23.6. The van der Waals surface area contributed by atoms with E-state index < -0.39 is 60.2 Å². The molecule has 1 heterocycles. The quantitative estimate of drug-likeness (QED) is 0.212. The molecule has 0 spiro atoms. The molecule has 0 aromatic heterocycles. The molecular formula is C24H35N5O7. The molecule has 12 nitrogen and oxygen atoms in total. The van der Waals surface area contributed by atoms with E-state index in [9.17, 15) is 34.2 Å². The first-order valence-electron chi connectivity index (χ1n) is 11.8. The van der Waals surface area contributed by atoms with Crippen LogP contribution in [0.1, 0.15) is 45.1 Å². The van der Waals surface area contributed by atoms with E-state index in [0.29, 0.717) is 19.4 Å². The summed E-state index contributed by atoms with van der Waals surface area (Å²) in [6.45, 7) is 4.00. The second kappa shape index (κ2) is 12.9. The first-order valence-corrected chi connectivity index (χ1v) is 11.8. The molecule has 198 valence electrons. The van der Waals surface area contributed by atoms with Crippen LogP contribution >= 0.6 is 0 Å². The van der Waals surface area contributed by atoms with Gasteiger partial charge in [-0.1, -0.05) is 26.0 Å². The van der Waals surface area contributed by atoms with Gasteiger partial charge < -0.3 is 37.2 Å². The third-order valence-electron chi connectivity index (χ3n) is 5.91. The van der Waals surface area contributed by atoms with Gasteiger partial charge in [0.15, 0.2) is 0 Å². The van der Waals surface area contributed by atoms with Crippen LogP contribution in [0.25, 0.3) is 0 Å². The molecule has 1 aromatic carbocycles. The number of benzene rings is 1. The van der Waals surface area contributed by atoms with Crippen molar-refractivity contribution in [2.45, 2.75) is 70.1 Å². The van der Waals surface area contributed by atoms with E-state index in [0.717, 1.165) is 5.56 Å². The van der Waals surface area contributed by atoms with Gasteiger partial charge in [-0.3, -0.25) is 19.2 Å². The van der Waals surface area contributed by atoms with Crippen LogP contribution in [-0.4, -0.2) is 75.4 Å². The molecule has 2 rings (SSSR count). The molecule has 12 heteroatoms. The first kappa shape index (κ1) is 28.6. The summed E-state index contributed by atoms with van der Waals surface area (Å²) in [5.41, 5.74) is 11.9. The van der Waals surface area contributed by atoms with E-state index in [2.05, 4.69) is 10.6 Å². The summed E-state index contributed by atoms with van der Waals surface area (Å²) in [6, 6.07) is 1.99. The number of nitrogens with one attached hydrogen (secondary N) is 2. The number of hydrogen-bond donors (Lipinski definition) is 6.